The van der Waals surface area contributed by atoms with E-state index in [4.69, 9.17) is 20.5 Å². The molecular formula is C13H21N9O7P+. The van der Waals surface area contributed by atoms with Gasteiger partial charge in [-0.3, -0.25) is 18.9 Å². The van der Waals surface area contributed by atoms with Crippen molar-refractivity contribution in [2.45, 2.75) is 24.5 Å². The molecule has 1 aliphatic rings. The number of aromatic amines is 1. The van der Waals surface area contributed by atoms with Crippen molar-refractivity contribution in [1.29, 1.82) is 0 Å². The standard InChI is InChI=1S/C13H20N9O7P/c1-21-5-22(10-7(21)11(25)19-13(14)18-10)12-9(24)8(23)6(29-12)4-28-30(26,27)17-3-2-16-20-15/h5-6,8-9,12,23-24H,2-4H2,1H3,(H4-,14,17,18,19,25,26,27)/p+1/t6-,8?,9+,12-/m1/s1. The monoisotopic (exact) mass is 446 g/mol. The molecule has 2 aromatic rings. The smallest absolute Gasteiger partial charge is 0.387 e. The van der Waals surface area contributed by atoms with Crippen molar-refractivity contribution in [3.63, 3.8) is 0 Å². The van der Waals surface area contributed by atoms with E-state index < -0.39 is 44.5 Å². The van der Waals surface area contributed by atoms with Crippen molar-refractivity contribution in [3.05, 3.63) is 27.1 Å². The molecule has 0 radical (unpaired) electrons. The second kappa shape index (κ2) is 8.67. The van der Waals surface area contributed by atoms with Crippen molar-refractivity contribution in [1.82, 2.24) is 19.6 Å². The average molecular weight is 446 g/mol. The number of rotatable bonds is 8. The van der Waals surface area contributed by atoms with Crippen LogP contribution in [0.1, 0.15) is 6.23 Å². The van der Waals surface area contributed by atoms with Crippen LogP contribution in [0, 0.1) is 0 Å². The van der Waals surface area contributed by atoms with Gasteiger partial charge in [0.1, 0.15) is 18.3 Å². The quantitative estimate of drug-likeness (QED) is 0.0636. The Bertz CT molecular complexity index is 1080. The predicted octanol–water partition coefficient (Wildman–Crippen LogP) is -2.23. The van der Waals surface area contributed by atoms with Crippen molar-refractivity contribution < 1.29 is 33.5 Å². The predicted molar refractivity (Wildman–Crippen MR) is 99.7 cm³/mol. The van der Waals surface area contributed by atoms with E-state index >= 15 is 0 Å². The highest BCUT2D eigenvalue weighted by Gasteiger charge is 2.47. The normalized spacial score (nSPS) is 25.9. The van der Waals surface area contributed by atoms with Crippen LogP contribution in [0.5, 0.6) is 0 Å². The maximum Gasteiger partial charge on any atom is 0.403 e. The molecule has 16 nitrogen and oxygen atoms in total. The van der Waals surface area contributed by atoms with Crippen LogP contribution in [0.25, 0.3) is 21.6 Å². The molecule has 5 atom stereocenters. The number of nitrogens with zero attached hydrogens (tertiary/aromatic N) is 6. The Morgan fingerprint density at radius 1 is 1.57 bits per heavy atom. The SMILES string of the molecule is Cn1c[n+]([C@@H]2O[C@H](COP(=O)(O)NCCN=[N+]=[N-])C(O)[C@@H]2O)c2nc(N)[nH]c(=O)c21. The molecule has 2 aromatic heterocycles. The first-order valence-electron chi connectivity index (χ1n) is 8.65. The van der Waals surface area contributed by atoms with Crippen LogP contribution >= 0.6 is 7.75 Å². The van der Waals surface area contributed by atoms with E-state index in [1.165, 1.54) is 15.5 Å². The Balaban J connectivity index is 1.75. The fraction of sp³-hybridized carbons (Fsp3) is 0.615. The summed E-state index contributed by atoms with van der Waals surface area (Å²) in [4.78, 5) is 30.8. The third-order valence-corrected chi connectivity index (χ3v) is 5.52. The maximum atomic E-state index is 12.1. The number of nitrogens with two attached hydrogens (primary N) is 1. The van der Waals surface area contributed by atoms with Crippen LogP contribution in [0.4, 0.5) is 5.95 Å². The lowest BCUT2D eigenvalue weighted by molar-refractivity contribution is -0.745. The molecule has 1 saturated heterocycles. The van der Waals surface area contributed by atoms with Gasteiger partial charge in [-0.2, -0.15) is 0 Å². The van der Waals surface area contributed by atoms with Gasteiger partial charge in [0.2, 0.25) is 11.7 Å². The van der Waals surface area contributed by atoms with Gasteiger partial charge in [0, 0.05) is 18.0 Å². The zero-order chi connectivity index (χ0) is 22.1. The third-order valence-electron chi connectivity index (χ3n) is 4.40. The number of aryl methyl sites for hydroxylation is 1. The molecule has 0 amide bonds. The number of aliphatic hydroxyl groups is 2. The number of nitrogens with one attached hydrogen (secondary N) is 2. The summed E-state index contributed by atoms with van der Waals surface area (Å²) in [5.41, 5.74) is 13.5. The maximum absolute atomic E-state index is 12.1. The Labute approximate surface area is 168 Å². The lowest BCUT2D eigenvalue weighted by Gasteiger charge is -2.17. The second-order valence-electron chi connectivity index (χ2n) is 6.48. The first-order valence-corrected chi connectivity index (χ1v) is 10.2. The molecule has 1 fully saturated rings. The largest absolute Gasteiger partial charge is 0.403 e. The van der Waals surface area contributed by atoms with Crippen molar-refractivity contribution in [2.24, 2.45) is 12.2 Å². The summed E-state index contributed by atoms with van der Waals surface area (Å²) < 4.78 is 25.2. The van der Waals surface area contributed by atoms with Crippen LogP contribution in [0.3, 0.4) is 0 Å². The zero-order valence-electron chi connectivity index (χ0n) is 15.7. The minimum Gasteiger partial charge on any atom is -0.387 e. The molecule has 3 rings (SSSR count). The lowest BCUT2D eigenvalue weighted by Crippen LogP contribution is -2.46. The Morgan fingerprint density at radius 3 is 3.00 bits per heavy atom. The summed E-state index contributed by atoms with van der Waals surface area (Å²) in [6, 6.07) is 0. The molecule has 0 bridgehead atoms. The number of hydrogen-bond acceptors (Lipinski definition) is 9. The highest BCUT2D eigenvalue weighted by atomic mass is 31.2. The molecule has 30 heavy (non-hydrogen) atoms. The van der Waals surface area contributed by atoms with E-state index in [9.17, 15) is 24.5 Å². The fourth-order valence-electron chi connectivity index (χ4n) is 3.06. The first kappa shape index (κ1) is 22.1. The number of ether oxygens (including phenoxy) is 1. The van der Waals surface area contributed by atoms with Crippen LogP contribution in [-0.2, 0) is 20.9 Å². The molecule has 164 valence electrons. The average Bonchev–Trinajstić information content (AvgIpc) is 3.14. The second-order valence-corrected chi connectivity index (χ2v) is 8.10. The minimum absolute atomic E-state index is 0.0687. The van der Waals surface area contributed by atoms with E-state index in [2.05, 4.69) is 25.1 Å². The number of anilines is 1. The van der Waals surface area contributed by atoms with E-state index in [1.807, 2.05) is 0 Å². The first-order chi connectivity index (χ1) is 14.1. The van der Waals surface area contributed by atoms with Gasteiger partial charge < -0.3 is 25.6 Å². The summed E-state index contributed by atoms with van der Waals surface area (Å²) in [6.07, 6.45) is -3.80. The van der Waals surface area contributed by atoms with Crippen molar-refractivity contribution in [2.75, 3.05) is 25.4 Å². The fourth-order valence-corrected chi connectivity index (χ4v) is 3.88. The number of azide groups is 1. The van der Waals surface area contributed by atoms with Gasteiger partial charge in [-0.1, -0.05) is 10.1 Å². The van der Waals surface area contributed by atoms with Gasteiger partial charge in [-0.05, 0) is 5.53 Å². The van der Waals surface area contributed by atoms with Crippen LogP contribution < -0.4 is 20.9 Å². The summed E-state index contributed by atoms with van der Waals surface area (Å²) in [6.45, 7) is -0.704. The number of aliphatic hydroxyl groups excluding tert-OH is 2. The van der Waals surface area contributed by atoms with Crippen LogP contribution in [0.15, 0.2) is 16.2 Å². The lowest BCUT2D eigenvalue weighted by atomic mass is 10.1. The highest BCUT2D eigenvalue weighted by Crippen LogP contribution is 2.38. The molecule has 0 spiro atoms. The van der Waals surface area contributed by atoms with Crippen molar-refractivity contribution >= 4 is 24.9 Å². The van der Waals surface area contributed by atoms with E-state index in [1.54, 1.807) is 7.05 Å². The molecule has 7 N–H and O–H groups in total. The summed E-state index contributed by atoms with van der Waals surface area (Å²) >= 11 is 0. The van der Waals surface area contributed by atoms with Gasteiger partial charge >= 0.3 is 13.4 Å². The van der Waals surface area contributed by atoms with E-state index in [-0.39, 0.29) is 30.2 Å². The number of nitrogen functional groups attached to an aromatic ring is 1. The van der Waals surface area contributed by atoms with Gasteiger partial charge in [0.15, 0.2) is 6.33 Å². The highest BCUT2D eigenvalue weighted by molar-refractivity contribution is 7.50. The number of H-pyrrole nitrogens is 1. The number of fused-ring (bicyclic) bond motifs is 1. The molecular weight excluding hydrogens is 425 g/mol. The van der Waals surface area contributed by atoms with Gasteiger partial charge in [-0.15, -0.1) is 0 Å². The van der Waals surface area contributed by atoms with Crippen molar-refractivity contribution in [3.8, 4) is 0 Å². The molecule has 17 heteroatoms. The van der Waals surface area contributed by atoms with E-state index in [0.29, 0.717) is 0 Å². The molecule has 0 saturated carbocycles. The molecule has 3 heterocycles. The summed E-state index contributed by atoms with van der Waals surface area (Å²) in [7, 11) is -2.68. The zero-order valence-corrected chi connectivity index (χ0v) is 16.6. The van der Waals surface area contributed by atoms with Gasteiger partial charge in [0.05, 0.1) is 13.7 Å². The van der Waals surface area contributed by atoms with E-state index in [0.717, 1.165) is 0 Å². The summed E-state index contributed by atoms with van der Waals surface area (Å²) in [5.74, 6) is -0.145. The molecule has 2 unspecified atom stereocenters. The number of aromatic nitrogens is 4. The molecule has 1 aliphatic heterocycles. The van der Waals surface area contributed by atoms with Gasteiger partial charge in [0.25, 0.3) is 11.5 Å². The van der Waals surface area contributed by atoms with Gasteiger partial charge in [-0.25, -0.2) is 14.2 Å². The number of hydrogen-bond donors (Lipinski definition) is 6. The number of imidazole rings is 1. The minimum atomic E-state index is -4.26. The Kier molecular flexibility index (Phi) is 6.40. The topological polar surface area (TPSA) is 238 Å². The summed E-state index contributed by atoms with van der Waals surface area (Å²) in [5, 5.41) is 26.1. The Hall–Kier alpha value is -2.55. The molecule has 0 aliphatic carbocycles. The van der Waals surface area contributed by atoms with Crippen LogP contribution in [-0.4, -0.2) is 67.6 Å². The third kappa shape index (κ3) is 4.45. The molecule has 0 aromatic carbocycles. The van der Waals surface area contributed by atoms with Crippen LogP contribution in [0.2, 0.25) is 0 Å². The Morgan fingerprint density at radius 2 is 2.30 bits per heavy atom.